The third kappa shape index (κ3) is 2.97. The number of benzene rings is 2. The summed E-state index contributed by atoms with van der Waals surface area (Å²) in [5.74, 6) is -0.867. The van der Waals surface area contributed by atoms with Gasteiger partial charge in [0, 0.05) is 5.56 Å². The van der Waals surface area contributed by atoms with Crippen LogP contribution in [-0.4, -0.2) is 11.1 Å². The van der Waals surface area contributed by atoms with Crippen LogP contribution >= 0.6 is 11.6 Å². The molecule has 1 heterocycles. The molecule has 1 unspecified atom stereocenters. The molecular weight excluding hydrogens is 345 g/mol. The second-order valence-corrected chi connectivity index (χ2v) is 5.58. The highest BCUT2D eigenvalue weighted by atomic mass is 35.5. The summed E-state index contributed by atoms with van der Waals surface area (Å²) < 4.78 is 44.7. The van der Waals surface area contributed by atoms with E-state index in [1.54, 1.807) is 24.3 Å². The van der Waals surface area contributed by atoms with Gasteiger partial charge in [-0.05, 0) is 29.8 Å². The van der Waals surface area contributed by atoms with Gasteiger partial charge in [0.15, 0.2) is 6.10 Å². The number of carboxylic acids is 1. The monoisotopic (exact) mass is 354 g/mol. The Morgan fingerprint density at radius 2 is 1.88 bits per heavy atom. The van der Waals surface area contributed by atoms with Crippen molar-refractivity contribution >= 4 is 23.6 Å². The smallest absolute Gasteiger partial charge is 0.417 e. The van der Waals surface area contributed by atoms with E-state index in [2.05, 4.69) is 0 Å². The van der Waals surface area contributed by atoms with E-state index in [0.29, 0.717) is 11.3 Å². The van der Waals surface area contributed by atoms with Gasteiger partial charge in [0.05, 0.1) is 16.2 Å². The summed E-state index contributed by atoms with van der Waals surface area (Å²) in [6.45, 7) is 0. The third-order valence-electron chi connectivity index (χ3n) is 3.60. The topological polar surface area (TPSA) is 46.5 Å². The molecule has 7 heteroatoms. The first-order chi connectivity index (χ1) is 11.3. The first-order valence-corrected chi connectivity index (χ1v) is 7.22. The second-order valence-electron chi connectivity index (χ2n) is 5.18. The van der Waals surface area contributed by atoms with Gasteiger partial charge in [-0.1, -0.05) is 35.9 Å². The Bertz CT molecular complexity index is 843. The molecule has 0 saturated heterocycles. The van der Waals surface area contributed by atoms with E-state index in [0.717, 1.165) is 12.1 Å². The van der Waals surface area contributed by atoms with Gasteiger partial charge in [0.25, 0.3) is 0 Å². The lowest BCUT2D eigenvalue weighted by molar-refractivity contribution is -0.137. The van der Waals surface area contributed by atoms with Gasteiger partial charge in [-0.15, -0.1) is 0 Å². The van der Waals surface area contributed by atoms with Crippen molar-refractivity contribution in [1.82, 2.24) is 0 Å². The van der Waals surface area contributed by atoms with Crippen molar-refractivity contribution in [3.63, 3.8) is 0 Å². The summed E-state index contributed by atoms with van der Waals surface area (Å²) in [6, 6.07) is 9.92. The zero-order valence-corrected chi connectivity index (χ0v) is 12.7. The van der Waals surface area contributed by atoms with Crippen molar-refractivity contribution in [1.29, 1.82) is 0 Å². The minimum absolute atomic E-state index is 0.0647. The molecule has 0 amide bonds. The van der Waals surface area contributed by atoms with Crippen molar-refractivity contribution in [3.8, 4) is 5.75 Å². The highest BCUT2D eigenvalue weighted by Gasteiger charge is 2.36. The fourth-order valence-corrected chi connectivity index (χ4v) is 2.71. The number of aliphatic carboxylic acids is 1. The molecule has 0 saturated carbocycles. The molecule has 3 nitrogen and oxygen atoms in total. The van der Waals surface area contributed by atoms with Crippen molar-refractivity contribution in [2.24, 2.45) is 0 Å². The van der Waals surface area contributed by atoms with Crippen molar-refractivity contribution in [3.05, 3.63) is 69.8 Å². The largest absolute Gasteiger partial charge is 0.480 e. The highest BCUT2D eigenvalue weighted by Crippen LogP contribution is 2.41. The lowest BCUT2D eigenvalue weighted by Crippen LogP contribution is -2.20. The second kappa shape index (κ2) is 5.87. The van der Waals surface area contributed by atoms with Gasteiger partial charge in [0.2, 0.25) is 0 Å². The van der Waals surface area contributed by atoms with Gasteiger partial charge >= 0.3 is 12.1 Å². The van der Waals surface area contributed by atoms with Crippen LogP contribution in [0.3, 0.4) is 0 Å². The summed E-state index contributed by atoms with van der Waals surface area (Å²) >= 11 is 5.61. The number of carbonyl (C=O) groups is 1. The van der Waals surface area contributed by atoms with Crippen LogP contribution in [0.15, 0.2) is 48.0 Å². The third-order valence-corrected chi connectivity index (χ3v) is 3.93. The average Bonchev–Trinajstić information content (AvgIpc) is 2.53. The summed E-state index contributed by atoms with van der Waals surface area (Å²) in [4.78, 5) is 11.5. The molecule has 0 radical (unpaired) electrons. The number of alkyl halides is 3. The van der Waals surface area contributed by atoms with Crippen LogP contribution in [0.25, 0.3) is 6.08 Å². The van der Waals surface area contributed by atoms with Gasteiger partial charge in [0.1, 0.15) is 5.75 Å². The Labute approximate surface area is 139 Å². The van der Waals surface area contributed by atoms with Crippen molar-refractivity contribution in [2.75, 3.05) is 0 Å². The molecule has 1 aliphatic rings. The van der Waals surface area contributed by atoms with Gasteiger partial charge in [-0.3, -0.25) is 0 Å². The van der Waals surface area contributed by atoms with Gasteiger partial charge < -0.3 is 9.84 Å². The lowest BCUT2D eigenvalue weighted by Gasteiger charge is -2.26. The Morgan fingerprint density at radius 3 is 2.54 bits per heavy atom. The average molecular weight is 355 g/mol. The minimum Gasteiger partial charge on any atom is -0.480 e. The van der Waals surface area contributed by atoms with E-state index in [1.165, 1.54) is 12.1 Å². The van der Waals surface area contributed by atoms with E-state index in [1.807, 2.05) is 0 Å². The van der Waals surface area contributed by atoms with Gasteiger partial charge in [-0.25, -0.2) is 4.79 Å². The van der Waals surface area contributed by atoms with Crippen LogP contribution in [0.4, 0.5) is 13.2 Å². The molecule has 0 fully saturated rings. The summed E-state index contributed by atoms with van der Waals surface area (Å²) in [6.07, 6.45) is -4.41. The first kappa shape index (κ1) is 16.4. The Balaban J connectivity index is 2.11. The van der Waals surface area contributed by atoms with Crippen molar-refractivity contribution < 1.29 is 27.8 Å². The van der Waals surface area contributed by atoms with Crippen molar-refractivity contribution in [2.45, 2.75) is 12.3 Å². The normalized spacial score (nSPS) is 16.8. The minimum atomic E-state index is -4.65. The maximum Gasteiger partial charge on any atom is 0.417 e. The fraction of sp³-hybridized carbons (Fsp3) is 0.118. The van der Waals surface area contributed by atoms with Crippen LogP contribution in [0.1, 0.15) is 22.8 Å². The number of hydrogen-bond acceptors (Lipinski definition) is 2. The van der Waals surface area contributed by atoms with E-state index >= 15 is 0 Å². The molecule has 24 heavy (non-hydrogen) atoms. The predicted molar refractivity (Wildman–Crippen MR) is 81.9 cm³/mol. The number of hydrogen-bond donors (Lipinski definition) is 1. The Kier molecular flexibility index (Phi) is 4.01. The molecule has 3 rings (SSSR count). The van der Waals surface area contributed by atoms with Crippen LogP contribution in [0, 0.1) is 0 Å². The highest BCUT2D eigenvalue weighted by molar-refractivity contribution is 6.31. The SMILES string of the molecule is O=C(O)C1=Cc2ccccc2OC1c1ccc(Cl)c(C(F)(F)F)c1. The quantitative estimate of drug-likeness (QED) is 0.829. The van der Waals surface area contributed by atoms with Gasteiger partial charge in [-0.2, -0.15) is 13.2 Å². The van der Waals surface area contributed by atoms with Crippen LogP contribution < -0.4 is 4.74 Å². The molecule has 0 bridgehead atoms. The van der Waals surface area contributed by atoms with Crippen LogP contribution in [0.5, 0.6) is 5.75 Å². The molecule has 0 spiro atoms. The molecule has 124 valence electrons. The maximum absolute atomic E-state index is 13.0. The van der Waals surface area contributed by atoms with E-state index in [-0.39, 0.29) is 11.1 Å². The summed E-state index contributed by atoms with van der Waals surface area (Å²) in [5.41, 5.74) is -0.566. The lowest BCUT2D eigenvalue weighted by atomic mass is 9.95. The van der Waals surface area contributed by atoms with Crippen LogP contribution in [0.2, 0.25) is 5.02 Å². The molecule has 1 N–H and O–H groups in total. The first-order valence-electron chi connectivity index (χ1n) is 6.84. The fourth-order valence-electron chi connectivity index (χ4n) is 2.49. The number of carboxylic acid groups (broad SMARTS) is 1. The van der Waals surface area contributed by atoms with Crippen LogP contribution in [-0.2, 0) is 11.0 Å². The number of rotatable bonds is 2. The molecule has 2 aromatic carbocycles. The van der Waals surface area contributed by atoms with E-state index in [9.17, 15) is 23.1 Å². The number of ether oxygens (including phenoxy) is 1. The van der Waals surface area contributed by atoms with E-state index < -0.39 is 28.8 Å². The number of fused-ring (bicyclic) bond motifs is 1. The number of para-hydroxylation sites is 1. The molecule has 0 aromatic heterocycles. The number of halogens is 4. The zero-order valence-electron chi connectivity index (χ0n) is 12.0. The standard InChI is InChI=1S/C17H10ClF3O3/c18-13-6-5-10(8-12(13)17(19,20)21)15-11(16(22)23)7-9-3-1-2-4-14(9)24-15/h1-8,15H,(H,22,23). The molecule has 2 aromatic rings. The Morgan fingerprint density at radius 1 is 1.17 bits per heavy atom. The zero-order chi connectivity index (χ0) is 17.5. The van der Waals surface area contributed by atoms with E-state index in [4.69, 9.17) is 16.3 Å². The summed E-state index contributed by atoms with van der Waals surface area (Å²) in [7, 11) is 0. The maximum atomic E-state index is 13.0. The summed E-state index contributed by atoms with van der Waals surface area (Å²) in [5, 5.41) is 8.93. The molecular formula is C17H10ClF3O3. The molecule has 1 aliphatic heterocycles. The molecule has 0 aliphatic carbocycles. The molecule has 1 atom stereocenters. The predicted octanol–water partition coefficient (Wildman–Crippen LogP) is 4.96. The Hall–Kier alpha value is -2.47.